The molecule has 1 atom stereocenters. The number of aromatic nitrogens is 1. The van der Waals surface area contributed by atoms with Crippen molar-refractivity contribution in [3.05, 3.63) is 29.9 Å². The molecule has 0 amide bonds. The number of fused-ring (bicyclic) bond motifs is 1. The Hall–Kier alpha value is -1.91. The van der Waals surface area contributed by atoms with E-state index in [1.54, 1.807) is 13.0 Å². The van der Waals surface area contributed by atoms with Crippen molar-refractivity contribution in [2.45, 2.75) is 19.3 Å². The van der Waals surface area contributed by atoms with Gasteiger partial charge in [0.05, 0.1) is 0 Å². The van der Waals surface area contributed by atoms with Gasteiger partial charge in [0.15, 0.2) is 11.4 Å². The highest BCUT2D eigenvalue weighted by Gasteiger charge is 2.24. The zero-order valence-electron chi connectivity index (χ0n) is 8.61. The first-order valence-electron chi connectivity index (χ1n) is 4.91. The molecule has 1 heterocycles. The Morgan fingerprint density at radius 2 is 2.38 bits per heavy atom. The molecule has 84 valence electrons. The minimum Gasteiger partial charge on any atom is -0.481 e. The Balaban J connectivity index is 2.54. The maximum absolute atomic E-state index is 13.3. The Kier molecular flexibility index (Phi) is 2.60. The van der Waals surface area contributed by atoms with Crippen molar-refractivity contribution in [3.63, 3.8) is 0 Å². The zero-order valence-corrected chi connectivity index (χ0v) is 8.61. The van der Waals surface area contributed by atoms with Gasteiger partial charge in [0, 0.05) is 0 Å². The van der Waals surface area contributed by atoms with Gasteiger partial charge < -0.3 is 9.52 Å². The van der Waals surface area contributed by atoms with Gasteiger partial charge in [-0.05, 0) is 18.6 Å². The molecular formula is C11H10FNO3. The number of halogens is 1. The second-order valence-electron chi connectivity index (χ2n) is 3.44. The molecule has 1 aromatic heterocycles. The van der Waals surface area contributed by atoms with Gasteiger partial charge >= 0.3 is 5.97 Å². The van der Waals surface area contributed by atoms with Crippen LogP contribution in [0.3, 0.4) is 0 Å². The Morgan fingerprint density at radius 3 is 2.94 bits per heavy atom. The summed E-state index contributed by atoms with van der Waals surface area (Å²) in [4.78, 5) is 14.9. The minimum atomic E-state index is -1.02. The van der Waals surface area contributed by atoms with Gasteiger partial charge in [0.25, 0.3) is 0 Å². The van der Waals surface area contributed by atoms with Gasteiger partial charge in [0.1, 0.15) is 11.4 Å². The van der Waals surface area contributed by atoms with Crippen LogP contribution in [0, 0.1) is 5.82 Å². The number of carboxylic acid groups (broad SMARTS) is 1. The van der Waals surface area contributed by atoms with E-state index in [1.807, 2.05) is 0 Å². The minimum absolute atomic E-state index is 0.0113. The maximum atomic E-state index is 13.3. The molecule has 0 aliphatic rings. The fraction of sp³-hybridized carbons (Fsp3) is 0.273. The van der Waals surface area contributed by atoms with E-state index in [2.05, 4.69) is 4.98 Å². The summed E-state index contributed by atoms with van der Waals surface area (Å²) in [6.45, 7) is 1.71. The predicted octanol–water partition coefficient (Wildman–Crippen LogP) is 2.55. The topological polar surface area (TPSA) is 63.3 Å². The van der Waals surface area contributed by atoms with Crippen LogP contribution >= 0.6 is 0 Å². The van der Waals surface area contributed by atoms with E-state index in [4.69, 9.17) is 9.52 Å². The molecule has 0 bridgehead atoms. The highest BCUT2D eigenvalue weighted by atomic mass is 19.1. The standard InChI is InChI=1S/C11H10FNO3/c1-2-6(11(14)15)10-13-8-5-3-4-7(12)9(8)16-10/h3-6H,2H2,1H3,(H,14,15). The molecule has 1 unspecified atom stereocenters. The lowest BCUT2D eigenvalue weighted by Gasteiger charge is -2.02. The van der Waals surface area contributed by atoms with Crippen LogP contribution in [-0.2, 0) is 4.79 Å². The third-order valence-electron chi connectivity index (χ3n) is 2.39. The van der Waals surface area contributed by atoms with E-state index >= 15 is 0 Å². The van der Waals surface area contributed by atoms with Crippen LogP contribution in [0.5, 0.6) is 0 Å². The van der Waals surface area contributed by atoms with Crippen LogP contribution in [0.2, 0.25) is 0 Å². The normalized spacial score (nSPS) is 12.9. The summed E-state index contributed by atoms with van der Waals surface area (Å²) in [5, 5.41) is 8.93. The Bertz CT molecular complexity index is 535. The number of hydrogen-bond donors (Lipinski definition) is 1. The summed E-state index contributed by atoms with van der Waals surface area (Å²) in [6, 6.07) is 4.34. The molecule has 5 heteroatoms. The summed E-state index contributed by atoms with van der Waals surface area (Å²) in [5.74, 6) is -2.33. The van der Waals surface area contributed by atoms with Crippen molar-refractivity contribution in [2.24, 2.45) is 0 Å². The van der Waals surface area contributed by atoms with Gasteiger partial charge in [-0.2, -0.15) is 0 Å². The molecule has 0 spiro atoms. The molecule has 2 aromatic rings. The van der Waals surface area contributed by atoms with E-state index in [0.717, 1.165) is 0 Å². The number of hydrogen-bond acceptors (Lipinski definition) is 3. The highest BCUT2D eigenvalue weighted by molar-refractivity contribution is 5.77. The SMILES string of the molecule is CCC(C(=O)O)c1nc2cccc(F)c2o1. The quantitative estimate of drug-likeness (QED) is 0.868. The number of aliphatic carboxylic acids is 1. The third-order valence-corrected chi connectivity index (χ3v) is 2.39. The first-order valence-corrected chi connectivity index (χ1v) is 4.91. The summed E-state index contributed by atoms with van der Waals surface area (Å²) in [7, 11) is 0. The molecule has 16 heavy (non-hydrogen) atoms. The number of carbonyl (C=O) groups is 1. The number of benzene rings is 1. The van der Waals surface area contributed by atoms with Crippen LogP contribution in [-0.4, -0.2) is 16.1 Å². The van der Waals surface area contributed by atoms with Crippen LogP contribution in [0.15, 0.2) is 22.6 Å². The van der Waals surface area contributed by atoms with E-state index in [1.165, 1.54) is 12.1 Å². The van der Waals surface area contributed by atoms with Crippen LogP contribution in [0.1, 0.15) is 25.2 Å². The fourth-order valence-electron chi connectivity index (χ4n) is 1.54. The summed E-state index contributed by atoms with van der Waals surface area (Å²) >= 11 is 0. The summed E-state index contributed by atoms with van der Waals surface area (Å²) < 4.78 is 18.4. The average Bonchev–Trinajstić information content (AvgIpc) is 2.63. The smallest absolute Gasteiger partial charge is 0.315 e. The van der Waals surface area contributed by atoms with E-state index in [9.17, 15) is 9.18 Å². The fourth-order valence-corrected chi connectivity index (χ4v) is 1.54. The lowest BCUT2D eigenvalue weighted by molar-refractivity contribution is -0.139. The van der Waals surface area contributed by atoms with Crippen molar-refractivity contribution in [2.75, 3.05) is 0 Å². The van der Waals surface area contributed by atoms with Crippen molar-refractivity contribution < 1.29 is 18.7 Å². The van der Waals surface area contributed by atoms with Crippen molar-refractivity contribution in [3.8, 4) is 0 Å². The van der Waals surface area contributed by atoms with Gasteiger partial charge in [0.2, 0.25) is 5.89 Å². The zero-order chi connectivity index (χ0) is 11.7. The van der Waals surface area contributed by atoms with E-state index < -0.39 is 17.7 Å². The van der Waals surface area contributed by atoms with Crippen LogP contribution in [0.4, 0.5) is 4.39 Å². The lowest BCUT2D eigenvalue weighted by atomic mass is 10.1. The maximum Gasteiger partial charge on any atom is 0.315 e. The molecule has 1 N–H and O–H groups in total. The van der Waals surface area contributed by atoms with Crippen LogP contribution < -0.4 is 0 Å². The molecule has 0 radical (unpaired) electrons. The van der Waals surface area contributed by atoms with Crippen molar-refractivity contribution in [1.82, 2.24) is 4.98 Å². The highest BCUT2D eigenvalue weighted by Crippen LogP contribution is 2.25. The monoisotopic (exact) mass is 223 g/mol. The van der Waals surface area contributed by atoms with E-state index in [0.29, 0.717) is 11.9 Å². The molecule has 0 aliphatic heterocycles. The van der Waals surface area contributed by atoms with Gasteiger partial charge in [-0.3, -0.25) is 4.79 Å². The Morgan fingerprint density at radius 1 is 1.62 bits per heavy atom. The second kappa shape index (κ2) is 3.92. The summed E-state index contributed by atoms with van der Waals surface area (Å²) in [6.07, 6.45) is 0.351. The van der Waals surface area contributed by atoms with Crippen molar-refractivity contribution >= 4 is 17.1 Å². The average molecular weight is 223 g/mol. The third kappa shape index (κ3) is 1.64. The largest absolute Gasteiger partial charge is 0.481 e. The van der Waals surface area contributed by atoms with Gasteiger partial charge in [-0.25, -0.2) is 9.37 Å². The predicted molar refractivity (Wildman–Crippen MR) is 54.6 cm³/mol. The lowest BCUT2D eigenvalue weighted by Crippen LogP contribution is -2.10. The number of carboxylic acids is 1. The van der Waals surface area contributed by atoms with Crippen molar-refractivity contribution in [1.29, 1.82) is 0 Å². The second-order valence-corrected chi connectivity index (χ2v) is 3.44. The van der Waals surface area contributed by atoms with Gasteiger partial charge in [-0.1, -0.05) is 13.0 Å². The first-order chi connectivity index (χ1) is 7.63. The molecule has 2 rings (SSSR count). The molecule has 0 fully saturated rings. The van der Waals surface area contributed by atoms with Crippen LogP contribution in [0.25, 0.3) is 11.1 Å². The first kappa shape index (κ1) is 10.6. The molecule has 1 aromatic carbocycles. The molecule has 0 saturated heterocycles. The van der Waals surface area contributed by atoms with Gasteiger partial charge in [-0.15, -0.1) is 0 Å². The summed E-state index contributed by atoms with van der Waals surface area (Å²) in [5.41, 5.74) is 0.354. The number of oxazole rings is 1. The number of nitrogens with zero attached hydrogens (tertiary/aromatic N) is 1. The van der Waals surface area contributed by atoms with E-state index in [-0.39, 0.29) is 11.5 Å². The molecule has 4 nitrogen and oxygen atoms in total. The molecule has 0 saturated carbocycles. The molecular weight excluding hydrogens is 213 g/mol. The number of rotatable bonds is 3. The Labute approximate surface area is 90.7 Å². The number of para-hydroxylation sites is 1. The molecule has 0 aliphatic carbocycles.